The lowest BCUT2D eigenvalue weighted by molar-refractivity contribution is -0.155. The van der Waals surface area contributed by atoms with E-state index in [9.17, 15) is 14.4 Å². The molecular weight excluding hydrogens is 162 g/mol. The molecule has 1 unspecified atom stereocenters. The summed E-state index contributed by atoms with van der Waals surface area (Å²) in [5.74, 6) is -1.49. The summed E-state index contributed by atoms with van der Waals surface area (Å²) in [6, 6.07) is 0. The van der Waals surface area contributed by atoms with Crippen molar-refractivity contribution < 1.29 is 19.1 Å². The lowest BCUT2D eigenvalue weighted by Crippen LogP contribution is -2.45. The Bertz CT molecular complexity index is 269. The van der Waals surface area contributed by atoms with Crippen LogP contribution in [-0.2, 0) is 19.1 Å². The second-order valence-electron chi connectivity index (χ2n) is 2.23. The molecule has 5 nitrogen and oxygen atoms in total. The maximum absolute atomic E-state index is 10.9. The van der Waals surface area contributed by atoms with E-state index in [2.05, 4.69) is 10.1 Å². The monoisotopic (exact) mass is 169 g/mol. The Morgan fingerprint density at radius 3 is 2.75 bits per heavy atom. The predicted molar refractivity (Wildman–Crippen MR) is 37.8 cm³/mol. The average Bonchev–Trinajstić information content (AvgIpc) is 1.96. The van der Waals surface area contributed by atoms with Crippen LogP contribution in [0.2, 0.25) is 0 Å². The number of hydrogen-bond donors (Lipinski definition) is 1. The van der Waals surface area contributed by atoms with Gasteiger partial charge in [-0.3, -0.25) is 14.4 Å². The summed E-state index contributed by atoms with van der Waals surface area (Å²) >= 11 is 0. The van der Waals surface area contributed by atoms with E-state index < -0.39 is 23.9 Å². The highest BCUT2D eigenvalue weighted by molar-refractivity contribution is 6.06. The van der Waals surface area contributed by atoms with Gasteiger partial charge in [0, 0.05) is 13.0 Å². The van der Waals surface area contributed by atoms with Crippen LogP contribution in [-0.4, -0.2) is 23.9 Å². The molecule has 64 valence electrons. The number of amides is 1. The molecule has 1 aliphatic rings. The first-order valence-electron chi connectivity index (χ1n) is 3.29. The SMILES string of the molecule is CC(=O)OC1NC(=O)C=CC1=O. The van der Waals surface area contributed by atoms with Crippen LogP contribution in [0, 0.1) is 0 Å². The Hall–Kier alpha value is -1.65. The van der Waals surface area contributed by atoms with Gasteiger partial charge in [-0.15, -0.1) is 0 Å². The van der Waals surface area contributed by atoms with E-state index in [-0.39, 0.29) is 0 Å². The number of nitrogens with one attached hydrogen (secondary N) is 1. The van der Waals surface area contributed by atoms with E-state index in [0.717, 1.165) is 19.1 Å². The van der Waals surface area contributed by atoms with Crippen LogP contribution >= 0.6 is 0 Å². The number of ketones is 1. The molecule has 0 aromatic heterocycles. The van der Waals surface area contributed by atoms with Crippen LogP contribution in [0.15, 0.2) is 12.2 Å². The molecular formula is C7H7NO4. The molecule has 0 bridgehead atoms. The van der Waals surface area contributed by atoms with Crippen LogP contribution in [0.25, 0.3) is 0 Å². The number of carbonyl (C=O) groups is 3. The fourth-order valence-corrected chi connectivity index (χ4v) is 0.747. The molecule has 1 rings (SSSR count). The first-order chi connectivity index (χ1) is 5.59. The van der Waals surface area contributed by atoms with Crippen molar-refractivity contribution >= 4 is 17.7 Å². The first kappa shape index (κ1) is 8.45. The van der Waals surface area contributed by atoms with Gasteiger partial charge >= 0.3 is 5.97 Å². The molecule has 1 aliphatic heterocycles. The Balaban J connectivity index is 2.66. The van der Waals surface area contributed by atoms with Crippen LogP contribution < -0.4 is 5.32 Å². The summed E-state index contributed by atoms with van der Waals surface area (Å²) in [5.41, 5.74) is 0. The molecule has 0 saturated heterocycles. The molecule has 12 heavy (non-hydrogen) atoms. The van der Waals surface area contributed by atoms with Crippen LogP contribution in [0.5, 0.6) is 0 Å². The van der Waals surface area contributed by atoms with E-state index in [1.807, 2.05) is 0 Å². The van der Waals surface area contributed by atoms with Crippen LogP contribution in [0.1, 0.15) is 6.92 Å². The van der Waals surface area contributed by atoms with Crippen molar-refractivity contribution in [1.29, 1.82) is 0 Å². The minimum atomic E-state index is -1.15. The lowest BCUT2D eigenvalue weighted by Gasteiger charge is -2.17. The molecule has 0 fully saturated rings. The third kappa shape index (κ3) is 1.91. The van der Waals surface area contributed by atoms with Crippen molar-refractivity contribution in [3.63, 3.8) is 0 Å². The number of hydrogen-bond acceptors (Lipinski definition) is 4. The maximum atomic E-state index is 10.9. The zero-order valence-corrected chi connectivity index (χ0v) is 6.37. The minimum Gasteiger partial charge on any atom is -0.434 e. The normalized spacial score (nSPS) is 21.9. The second kappa shape index (κ2) is 3.17. The zero-order valence-electron chi connectivity index (χ0n) is 6.37. The summed E-state index contributed by atoms with van der Waals surface area (Å²) in [6.07, 6.45) is 1.01. The molecule has 0 radical (unpaired) electrons. The molecule has 0 aliphatic carbocycles. The summed E-state index contributed by atoms with van der Waals surface area (Å²) in [5, 5.41) is 2.18. The molecule has 1 heterocycles. The zero-order chi connectivity index (χ0) is 9.14. The third-order valence-electron chi connectivity index (χ3n) is 1.21. The smallest absolute Gasteiger partial charge is 0.304 e. The number of rotatable bonds is 1. The van der Waals surface area contributed by atoms with Crippen molar-refractivity contribution in [3.05, 3.63) is 12.2 Å². The van der Waals surface area contributed by atoms with Gasteiger partial charge in [0.25, 0.3) is 0 Å². The topological polar surface area (TPSA) is 72.5 Å². The second-order valence-corrected chi connectivity index (χ2v) is 2.23. The summed E-state index contributed by atoms with van der Waals surface area (Å²) < 4.78 is 4.50. The summed E-state index contributed by atoms with van der Waals surface area (Å²) in [6.45, 7) is 1.16. The summed E-state index contributed by atoms with van der Waals surface area (Å²) in [7, 11) is 0. The molecule has 0 aromatic rings. The molecule has 0 spiro atoms. The third-order valence-corrected chi connectivity index (χ3v) is 1.21. The van der Waals surface area contributed by atoms with Crippen molar-refractivity contribution in [1.82, 2.24) is 5.32 Å². The van der Waals surface area contributed by atoms with Gasteiger partial charge in [0.15, 0.2) is 0 Å². The minimum absolute atomic E-state index is 0.440. The Morgan fingerprint density at radius 2 is 2.17 bits per heavy atom. The molecule has 1 atom stereocenters. The van der Waals surface area contributed by atoms with Crippen LogP contribution in [0.3, 0.4) is 0 Å². The lowest BCUT2D eigenvalue weighted by atomic mass is 10.2. The highest BCUT2D eigenvalue weighted by Crippen LogP contribution is 1.98. The van der Waals surface area contributed by atoms with Gasteiger partial charge in [0.1, 0.15) is 0 Å². The van der Waals surface area contributed by atoms with Gasteiger partial charge in [0.2, 0.25) is 17.9 Å². The Kier molecular flexibility index (Phi) is 2.23. The molecule has 1 N–H and O–H groups in total. The molecule has 1 amide bonds. The van der Waals surface area contributed by atoms with Crippen molar-refractivity contribution in [2.45, 2.75) is 13.2 Å². The number of ether oxygens (including phenoxy) is 1. The standard InChI is InChI=1S/C7H7NO4/c1-4(9)12-7-5(10)2-3-6(11)8-7/h2-3,7H,1H3,(H,8,11). The fourth-order valence-electron chi connectivity index (χ4n) is 0.747. The van der Waals surface area contributed by atoms with Gasteiger partial charge in [-0.2, -0.15) is 0 Å². The number of esters is 1. The molecule has 0 aromatic carbocycles. The van der Waals surface area contributed by atoms with Crippen molar-refractivity contribution in [2.75, 3.05) is 0 Å². The van der Waals surface area contributed by atoms with E-state index in [4.69, 9.17) is 0 Å². The van der Waals surface area contributed by atoms with Gasteiger partial charge in [-0.1, -0.05) is 0 Å². The highest BCUT2D eigenvalue weighted by Gasteiger charge is 2.24. The van der Waals surface area contributed by atoms with E-state index in [1.54, 1.807) is 0 Å². The first-order valence-corrected chi connectivity index (χ1v) is 3.29. The Morgan fingerprint density at radius 1 is 1.50 bits per heavy atom. The van der Waals surface area contributed by atoms with Gasteiger partial charge < -0.3 is 10.1 Å². The van der Waals surface area contributed by atoms with Crippen LogP contribution in [0.4, 0.5) is 0 Å². The number of carbonyl (C=O) groups excluding carboxylic acids is 3. The highest BCUT2D eigenvalue weighted by atomic mass is 16.6. The van der Waals surface area contributed by atoms with E-state index >= 15 is 0 Å². The maximum Gasteiger partial charge on any atom is 0.304 e. The fraction of sp³-hybridized carbons (Fsp3) is 0.286. The Labute approximate surface area is 68.4 Å². The van der Waals surface area contributed by atoms with Crippen molar-refractivity contribution in [2.24, 2.45) is 0 Å². The summed E-state index contributed by atoms with van der Waals surface area (Å²) in [4.78, 5) is 32.0. The van der Waals surface area contributed by atoms with E-state index in [1.165, 1.54) is 0 Å². The largest absolute Gasteiger partial charge is 0.434 e. The van der Waals surface area contributed by atoms with Gasteiger partial charge in [-0.25, -0.2) is 0 Å². The van der Waals surface area contributed by atoms with Gasteiger partial charge in [0.05, 0.1) is 0 Å². The predicted octanol–water partition coefficient (Wildman–Crippen LogP) is -0.869. The van der Waals surface area contributed by atoms with Crippen molar-refractivity contribution in [3.8, 4) is 0 Å². The van der Waals surface area contributed by atoms with E-state index in [0.29, 0.717) is 0 Å². The molecule has 0 saturated carbocycles. The molecule has 5 heteroatoms. The quantitative estimate of drug-likeness (QED) is 0.518. The average molecular weight is 169 g/mol. The van der Waals surface area contributed by atoms with Gasteiger partial charge in [-0.05, 0) is 6.08 Å².